The van der Waals surface area contributed by atoms with Gasteiger partial charge in [-0.1, -0.05) is 6.58 Å². The lowest BCUT2D eigenvalue weighted by Crippen LogP contribution is -2.44. The van der Waals surface area contributed by atoms with Gasteiger partial charge in [-0.05, 0) is 20.8 Å². The zero-order valence-corrected chi connectivity index (χ0v) is 10.3. The van der Waals surface area contributed by atoms with Crippen LogP contribution in [0.4, 0.5) is 0 Å². The first-order valence-electron chi connectivity index (χ1n) is 4.62. The minimum atomic E-state index is -2.79. The molecule has 0 heterocycles. The summed E-state index contributed by atoms with van der Waals surface area (Å²) in [5, 5.41) is 0. The summed E-state index contributed by atoms with van der Waals surface area (Å²) in [5.74, 6) is -0.457. The average molecular weight is 218 g/mol. The van der Waals surface area contributed by atoms with Gasteiger partial charge in [0.1, 0.15) is 0 Å². The van der Waals surface area contributed by atoms with Crippen LogP contribution in [0, 0.1) is 0 Å². The highest BCUT2D eigenvalue weighted by molar-refractivity contribution is 6.61. The standard InChI is InChI=1S/C9H18O4Si/c1-6-11-14(5,12-7-2)13-9(10)8(3)4/h3,6-7H2,1-2,4-5H3. The van der Waals surface area contributed by atoms with E-state index in [1.54, 1.807) is 13.5 Å². The van der Waals surface area contributed by atoms with Crippen LogP contribution < -0.4 is 0 Å². The molecule has 0 atom stereocenters. The van der Waals surface area contributed by atoms with Crippen LogP contribution in [0.25, 0.3) is 0 Å². The van der Waals surface area contributed by atoms with Gasteiger partial charge in [-0.25, -0.2) is 4.79 Å². The third-order valence-corrected chi connectivity index (χ3v) is 3.62. The highest BCUT2D eigenvalue weighted by atomic mass is 28.4. The summed E-state index contributed by atoms with van der Waals surface area (Å²) >= 11 is 0. The summed E-state index contributed by atoms with van der Waals surface area (Å²) in [6.45, 7) is 11.4. The van der Waals surface area contributed by atoms with E-state index in [1.165, 1.54) is 0 Å². The number of carbonyl (C=O) groups excluding carboxylic acids is 1. The van der Waals surface area contributed by atoms with E-state index in [0.29, 0.717) is 18.8 Å². The van der Waals surface area contributed by atoms with Crippen LogP contribution in [0.3, 0.4) is 0 Å². The van der Waals surface area contributed by atoms with Crippen molar-refractivity contribution >= 4 is 14.8 Å². The molecule has 4 nitrogen and oxygen atoms in total. The SMILES string of the molecule is C=C(C)C(=O)O[Si](C)(OCC)OCC. The second-order valence-corrected chi connectivity index (χ2v) is 5.40. The largest absolute Gasteiger partial charge is 0.564 e. The molecule has 0 N–H and O–H groups in total. The molecule has 0 rings (SSSR count). The molecule has 0 aromatic rings. The molecule has 0 aromatic carbocycles. The molecule has 0 fully saturated rings. The Balaban J connectivity index is 4.35. The van der Waals surface area contributed by atoms with Crippen LogP contribution in [0.1, 0.15) is 20.8 Å². The van der Waals surface area contributed by atoms with Gasteiger partial charge in [0.2, 0.25) is 0 Å². The Labute approximate surface area is 86.2 Å². The number of hydrogen-bond acceptors (Lipinski definition) is 4. The van der Waals surface area contributed by atoms with Crippen molar-refractivity contribution < 1.29 is 18.1 Å². The Morgan fingerprint density at radius 2 is 1.71 bits per heavy atom. The van der Waals surface area contributed by atoms with E-state index in [1.807, 2.05) is 13.8 Å². The zero-order chi connectivity index (χ0) is 11.2. The third kappa shape index (κ3) is 4.55. The first kappa shape index (κ1) is 13.3. The molecule has 0 saturated heterocycles. The molecule has 0 saturated carbocycles. The summed E-state index contributed by atoms with van der Waals surface area (Å²) in [6, 6.07) is 0. The zero-order valence-electron chi connectivity index (χ0n) is 9.25. The molecule has 0 aliphatic heterocycles. The van der Waals surface area contributed by atoms with Crippen LogP contribution in [-0.4, -0.2) is 28.0 Å². The van der Waals surface area contributed by atoms with Gasteiger partial charge in [0.05, 0.1) is 0 Å². The van der Waals surface area contributed by atoms with Gasteiger partial charge in [-0.2, -0.15) is 0 Å². The molecule has 0 aromatic heterocycles. The molecule has 0 bridgehead atoms. The van der Waals surface area contributed by atoms with Crippen molar-refractivity contribution in [2.45, 2.75) is 27.3 Å². The monoisotopic (exact) mass is 218 g/mol. The van der Waals surface area contributed by atoms with E-state index in [0.717, 1.165) is 0 Å². The Hall–Kier alpha value is -0.653. The molecule has 0 radical (unpaired) electrons. The van der Waals surface area contributed by atoms with Gasteiger partial charge in [0, 0.05) is 25.3 Å². The number of hydrogen-bond donors (Lipinski definition) is 0. The molecule has 14 heavy (non-hydrogen) atoms. The van der Waals surface area contributed by atoms with Crippen LogP contribution >= 0.6 is 0 Å². The van der Waals surface area contributed by atoms with Crippen LogP contribution in [0.15, 0.2) is 12.2 Å². The second-order valence-electron chi connectivity index (χ2n) is 2.90. The van der Waals surface area contributed by atoms with Crippen molar-refractivity contribution in [3.8, 4) is 0 Å². The highest BCUT2D eigenvalue weighted by Gasteiger charge is 2.38. The van der Waals surface area contributed by atoms with E-state index in [2.05, 4.69) is 6.58 Å². The van der Waals surface area contributed by atoms with Crippen molar-refractivity contribution in [1.82, 2.24) is 0 Å². The fourth-order valence-electron chi connectivity index (χ4n) is 0.880. The first-order chi connectivity index (χ1) is 6.45. The van der Waals surface area contributed by atoms with Crippen LogP contribution in [0.2, 0.25) is 6.55 Å². The number of carbonyl (C=O) groups is 1. The van der Waals surface area contributed by atoms with Crippen molar-refractivity contribution in [3.63, 3.8) is 0 Å². The van der Waals surface area contributed by atoms with Gasteiger partial charge >= 0.3 is 14.8 Å². The predicted molar refractivity (Wildman–Crippen MR) is 55.8 cm³/mol. The fraction of sp³-hybridized carbons (Fsp3) is 0.667. The van der Waals surface area contributed by atoms with E-state index < -0.39 is 14.8 Å². The van der Waals surface area contributed by atoms with Gasteiger partial charge in [0.25, 0.3) is 0 Å². The Kier molecular flexibility index (Phi) is 5.67. The van der Waals surface area contributed by atoms with Crippen molar-refractivity contribution in [1.29, 1.82) is 0 Å². The lowest BCUT2D eigenvalue weighted by Gasteiger charge is -2.24. The summed E-state index contributed by atoms with van der Waals surface area (Å²) in [4.78, 5) is 11.3. The molecule has 0 unspecified atom stereocenters. The fourth-order valence-corrected chi connectivity index (χ4v) is 2.64. The minimum Gasteiger partial charge on any atom is -0.470 e. The lowest BCUT2D eigenvalue weighted by molar-refractivity contribution is -0.134. The highest BCUT2D eigenvalue weighted by Crippen LogP contribution is 2.11. The number of rotatable bonds is 6. The van der Waals surface area contributed by atoms with Crippen LogP contribution in [-0.2, 0) is 18.1 Å². The van der Waals surface area contributed by atoms with E-state index >= 15 is 0 Å². The third-order valence-electron chi connectivity index (χ3n) is 1.44. The summed E-state index contributed by atoms with van der Waals surface area (Å²) in [7, 11) is -2.79. The van der Waals surface area contributed by atoms with Gasteiger partial charge in [0.15, 0.2) is 0 Å². The summed E-state index contributed by atoms with van der Waals surface area (Å²) in [6.07, 6.45) is 0. The van der Waals surface area contributed by atoms with Crippen molar-refractivity contribution in [3.05, 3.63) is 12.2 Å². The molecular weight excluding hydrogens is 200 g/mol. The van der Waals surface area contributed by atoms with Gasteiger partial charge in [-0.3, -0.25) is 0 Å². The van der Waals surface area contributed by atoms with E-state index in [4.69, 9.17) is 13.3 Å². The molecule has 0 aliphatic carbocycles. The van der Waals surface area contributed by atoms with E-state index in [9.17, 15) is 4.79 Å². The second kappa shape index (κ2) is 5.95. The molecule has 0 spiro atoms. The molecule has 0 aliphatic rings. The Bertz CT molecular complexity index is 209. The maximum Gasteiger partial charge on any atom is 0.564 e. The molecule has 5 heteroatoms. The summed E-state index contributed by atoms with van der Waals surface area (Å²) < 4.78 is 15.8. The lowest BCUT2D eigenvalue weighted by atomic mass is 10.4. The van der Waals surface area contributed by atoms with Crippen molar-refractivity contribution in [2.75, 3.05) is 13.2 Å². The average Bonchev–Trinajstić information content (AvgIpc) is 2.04. The maximum atomic E-state index is 11.3. The molecular formula is C9H18O4Si. The van der Waals surface area contributed by atoms with Crippen molar-refractivity contribution in [2.24, 2.45) is 0 Å². The summed E-state index contributed by atoms with van der Waals surface area (Å²) in [5.41, 5.74) is 0.350. The normalized spacial score (nSPS) is 11.1. The predicted octanol–water partition coefficient (Wildman–Crippen LogP) is 1.75. The molecule has 82 valence electrons. The minimum absolute atomic E-state index is 0.350. The smallest absolute Gasteiger partial charge is 0.470 e. The van der Waals surface area contributed by atoms with E-state index in [-0.39, 0.29) is 0 Å². The topological polar surface area (TPSA) is 44.8 Å². The Morgan fingerprint density at radius 3 is 2.00 bits per heavy atom. The quantitative estimate of drug-likeness (QED) is 0.503. The van der Waals surface area contributed by atoms with Gasteiger partial charge < -0.3 is 13.3 Å². The Morgan fingerprint density at radius 1 is 1.29 bits per heavy atom. The maximum absolute atomic E-state index is 11.3. The first-order valence-corrected chi connectivity index (χ1v) is 6.84. The van der Waals surface area contributed by atoms with Gasteiger partial charge in [-0.15, -0.1) is 0 Å². The van der Waals surface area contributed by atoms with Crippen LogP contribution in [0.5, 0.6) is 0 Å². The molecule has 0 amide bonds.